The summed E-state index contributed by atoms with van der Waals surface area (Å²) in [5.74, 6) is -0.0643. The van der Waals surface area contributed by atoms with Gasteiger partial charge in [0.2, 0.25) is 0 Å². The number of fused-ring (bicyclic) bond motifs is 1. The van der Waals surface area contributed by atoms with Crippen LogP contribution in [0, 0.1) is 20.8 Å². The SMILES string of the molecule is Cc1oc2c(C)c(C=O)c(O)c(C=O)c2c(=O)c1C. The van der Waals surface area contributed by atoms with Crippen LogP contribution in [0.1, 0.15) is 37.6 Å². The van der Waals surface area contributed by atoms with Crippen molar-refractivity contribution in [2.75, 3.05) is 0 Å². The van der Waals surface area contributed by atoms with Gasteiger partial charge in [0.05, 0.1) is 16.5 Å². The number of aryl methyl sites for hydroxylation is 2. The van der Waals surface area contributed by atoms with Crippen LogP contribution in [0.25, 0.3) is 11.0 Å². The van der Waals surface area contributed by atoms with Gasteiger partial charge in [0.15, 0.2) is 18.0 Å². The molecule has 0 spiro atoms. The average molecular weight is 260 g/mol. The molecular formula is C14H12O5. The minimum absolute atomic E-state index is 0.0127. The maximum Gasteiger partial charge on any atom is 0.196 e. The first-order valence-electron chi connectivity index (χ1n) is 5.63. The highest BCUT2D eigenvalue weighted by Gasteiger charge is 2.21. The fourth-order valence-electron chi connectivity index (χ4n) is 2.06. The molecule has 2 aromatic rings. The van der Waals surface area contributed by atoms with Gasteiger partial charge in [0, 0.05) is 11.1 Å². The van der Waals surface area contributed by atoms with E-state index in [1.165, 1.54) is 0 Å². The average Bonchev–Trinajstić information content (AvgIpc) is 2.38. The summed E-state index contributed by atoms with van der Waals surface area (Å²) in [5.41, 5.74) is 0.244. The Bertz CT molecular complexity index is 768. The largest absolute Gasteiger partial charge is 0.506 e. The molecule has 0 saturated carbocycles. The molecule has 1 heterocycles. The Labute approximate surface area is 108 Å². The van der Waals surface area contributed by atoms with Crippen molar-refractivity contribution < 1.29 is 19.1 Å². The second-order valence-corrected chi connectivity index (χ2v) is 4.35. The Balaban J connectivity index is 3.23. The van der Waals surface area contributed by atoms with E-state index in [1.807, 2.05) is 0 Å². The summed E-state index contributed by atoms with van der Waals surface area (Å²) in [6, 6.07) is 0. The molecule has 19 heavy (non-hydrogen) atoms. The van der Waals surface area contributed by atoms with E-state index in [0.29, 0.717) is 29.5 Å². The summed E-state index contributed by atoms with van der Waals surface area (Å²) in [5, 5.41) is 9.92. The number of aromatic hydroxyl groups is 1. The highest BCUT2D eigenvalue weighted by molar-refractivity contribution is 6.05. The summed E-state index contributed by atoms with van der Waals surface area (Å²) in [6.07, 6.45) is 0.794. The second-order valence-electron chi connectivity index (χ2n) is 4.35. The van der Waals surface area contributed by atoms with Crippen LogP contribution in [0.15, 0.2) is 9.21 Å². The Hall–Kier alpha value is -2.43. The van der Waals surface area contributed by atoms with E-state index in [0.717, 1.165) is 0 Å². The molecule has 0 saturated heterocycles. The third kappa shape index (κ3) is 1.66. The van der Waals surface area contributed by atoms with Crippen molar-refractivity contribution in [3.8, 4) is 5.75 Å². The van der Waals surface area contributed by atoms with E-state index in [1.54, 1.807) is 20.8 Å². The van der Waals surface area contributed by atoms with Crippen LogP contribution in [0.3, 0.4) is 0 Å². The van der Waals surface area contributed by atoms with Crippen LogP contribution in [-0.4, -0.2) is 17.7 Å². The molecule has 0 unspecified atom stereocenters. The van der Waals surface area contributed by atoms with Crippen molar-refractivity contribution >= 4 is 23.5 Å². The molecule has 5 heteroatoms. The van der Waals surface area contributed by atoms with Crippen molar-refractivity contribution in [3.05, 3.63) is 38.2 Å². The number of aldehydes is 2. The Morgan fingerprint density at radius 1 is 1.00 bits per heavy atom. The fraction of sp³-hybridized carbons (Fsp3) is 0.214. The Kier molecular flexibility index (Phi) is 2.98. The normalized spacial score (nSPS) is 10.7. The standard InChI is InChI=1S/C14H12O5/c1-6-8(3)19-14-7(2)9(4-15)13(18)10(5-16)11(14)12(6)17/h4-5,18H,1-3H3. The molecule has 0 amide bonds. The van der Waals surface area contributed by atoms with Gasteiger partial charge in [-0.25, -0.2) is 0 Å². The minimum atomic E-state index is -0.481. The number of phenolic OH excluding ortho intramolecular Hbond substituents is 1. The van der Waals surface area contributed by atoms with Crippen LogP contribution in [0.5, 0.6) is 5.75 Å². The van der Waals surface area contributed by atoms with Crippen molar-refractivity contribution in [2.45, 2.75) is 20.8 Å². The molecular weight excluding hydrogens is 248 g/mol. The molecule has 1 N–H and O–H groups in total. The lowest BCUT2D eigenvalue weighted by atomic mass is 9.98. The van der Waals surface area contributed by atoms with Crippen molar-refractivity contribution in [3.63, 3.8) is 0 Å². The number of hydrogen-bond acceptors (Lipinski definition) is 5. The van der Waals surface area contributed by atoms with Gasteiger partial charge in [0.25, 0.3) is 0 Å². The summed E-state index contributed by atoms with van der Waals surface area (Å²) < 4.78 is 5.52. The van der Waals surface area contributed by atoms with Gasteiger partial charge in [0.1, 0.15) is 17.1 Å². The molecule has 5 nitrogen and oxygen atoms in total. The lowest BCUT2D eigenvalue weighted by Gasteiger charge is -2.11. The van der Waals surface area contributed by atoms with E-state index in [-0.39, 0.29) is 27.5 Å². The summed E-state index contributed by atoms with van der Waals surface area (Å²) in [4.78, 5) is 34.3. The lowest BCUT2D eigenvalue weighted by Crippen LogP contribution is -2.11. The predicted molar refractivity (Wildman–Crippen MR) is 69.1 cm³/mol. The van der Waals surface area contributed by atoms with E-state index in [2.05, 4.69) is 0 Å². The predicted octanol–water partition coefficient (Wildman–Crippen LogP) is 2.05. The topological polar surface area (TPSA) is 84.6 Å². The number of rotatable bonds is 2. The molecule has 0 aliphatic heterocycles. The molecule has 1 aromatic heterocycles. The Morgan fingerprint density at radius 2 is 1.58 bits per heavy atom. The van der Waals surface area contributed by atoms with Crippen molar-refractivity contribution in [1.82, 2.24) is 0 Å². The summed E-state index contributed by atoms with van der Waals surface area (Å²) in [7, 11) is 0. The van der Waals surface area contributed by atoms with Gasteiger partial charge >= 0.3 is 0 Å². The first-order valence-corrected chi connectivity index (χ1v) is 5.63. The summed E-state index contributed by atoms with van der Waals surface area (Å²) in [6.45, 7) is 4.76. The maximum absolute atomic E-state index is 12.2. The quantitative estimate of drug-likeness (QED) is 0.835. The second kappa shape index (κ2) is 4.35. The zero-order valence-electron chi connectivity index (χ0n) is 10.7. The number of carbonyl (C=O) groups is 2. The first kappa shape index (κ1) is 13.0. The highest BCUT2D eigenvalue weighted by atomic mass is 16.3. The number of benzene rings is 1. The maximum atomic E-state index is 12.2. The molecule has 0 aliphatic carbocycles. The monoisotopic (exact) mass is 260 g/mol. The zero-order valence-corrected chi connectivity index (χ0v) is 10.7. The van der Waals surface area contributed by atoms with E-state index in [4.69, 9.17) is 4.42 Å². The third-order valence-corrected chi connectivity index (χ3v) is 3.34. The van der Waals surface area contributed by atoms with E-state index < -0.39 is 5.75 Å². The summed E-state index contributed by atoms with van der Waals surface area (Å²) >= 11 is 0. The molecule has 1 aromatic carbocycles. The fourth-order valence-corrected chi connectivity index (χ4v) is 2.06. The third-order valence-electron chi connectivity index (χ3n) is 3.34. The van der Waals surface area contributed by atoms with Crippen molar-refractivity contribution in [1.29, 1.82) is 0 Å². The first-order chi connectivity index (χ1) is 8.93. The molecule has 0 aliphatic rings. The highest BCUT2D eigenvalue weighted by Crippen LogP contribution is 2.32. The van der Waals surface area contributed by atoms with E-state index in [9.17, 15) is 19.5 Å². The number of carbonyl (C=O) groups excluding carboxylic acids is 2. The van der Waals surface area contributed by atoms with Gasteiger partial charge in [-0.15, -0.1) is 0 Å². The minimum Gasteiger partial charge on any atom is -0.506 e. The van der Waals surface area contributed by atoms with Crippen molar-refractivity contribution in [2.24, 2.45) is 0 Å². The van der Waals surface area contributed by atoms with Crippen LogP contribution >= 0.6 is 0 Å². The molecule has 0 atom stereocenters. The van der Waals surface area contributed by atoms with Crippen LogP contribution in [0.4, 0.5) is 0 Å². The zero-order chi connectivity index (χ0) is 14.3. The molecule has 0 radical (unpaired) electrons. The van der Waals surface area contributed by atoms with Gasteiger partial charge in [-0.3, -0.25) is 14.4 Å². The van der Waals surface area contributed by atoms with E-state index >= 15 is 0 Å². The molecule has 98 valence electrons. The number of hydrogen-bond donors (Lipinski definition) is 1. The molecule has 0 fully saturated rings. The van der Waals surface area contributed by atoms with Gasteiger partial charge < -0.3 is 9.52 Å². The van der Waals surface area contributed by atoms with Gasteiger partial charge in [-0.05, 0) is 20.8 Å². The van der Waals surface area contributed by atoms with Gasteiger partial charge in [-0.2, -0.15) is 0 Å². The lowest BCUT2D eigenvalue weighted by molar-refractivity contribution is 0.112. The van der Waals surface area contributed by atoms with Crippen LogP contribution in [0.2, 0.25) is 0 Å². The van der Waals surface area contributed by atoms with Crippen LogP contribution < -0.4 is 5.43 Å². The molecule has 0 bridgehead atoms. The smallest absolute Gasteiger partial charge is 0.196 e. The number of phenols is 1. The Morgan fingerprint density at radius 3 is 2.11 bits per heavy atom. The van der Waals surface area contributed by atoms with Crippen LogP contribution in [-0.2, 0) is 0 Å². The molecule has 2 rings (SSSR count). The van der Waals surface area contributed by atoms with Gasteiger partial charge in [-0.1, -0.05) is 0 Å².